The molecule has 2 heterocycles. The predicted molar refractivity (Wildman–Crippen MR) is 62.1 cm³/mol. The molecule has 0 aliphatic heterocycles. The van der Waals surface area contributed by atoms with Gasteiger partial charge in [0.05, 0.1) is 0 Å². The fourth-order valence-electron chi connectivity index (χ4n) is 1.79. The summed E-state index contributed by atoms with van der Waals surface area (Å²) in [5.41, 5.74) is 6.89. The van der Waals surface area contributed by atoms with Gasteiger partial charge in [0, 0.05) is 13.6 Å². The molecular formula is C10H15N5O. The van der Waals surface area contributed by atoms with Gasteiger partial charge in [0.2, 0.25) is 0 Å². The fourth-order valence-corrected chi connectivity index (χ4v) is 1.79. The van der Waals surface area contributed by atoms with Crippen LogP contribution in [0, 0.1) is 0 Å². The second-order valence-corrected chi connectivity index (χ2v) is 3.78. The van der Waals surface area contributed by atoms with Gasteiger partial charge in [0.25, 0.3) is 0 Å². The number of fused-ring (bicyclic) bond motifs is 1. The first-order valence-corrected chi connectivity index (χ1v) is 5.32. The van der Waals surface area contributed by atoms with Crippen LogP contribution in [0.5, 0.6) is 0 Å². The maximum Gasteiger partial charge on any atom is 0.330 e. The normalized spacial score (nSPS) is 11.1. The van der Waals surface area contributed by atoms with E-state index >= 15 is 0 Å². The number of hydrogen-bond acceptors (Lipinski definition) is 4. The summed E-state index contributed by atoms with van der Waals surface area (Å²) >= 11 is 0. The van der Waals surface area contributed by atoms with Crippen molar-refractivity contribution in [1.82, 2.24) is 19.1 Å². The van der Waals surface area contributed by atoms with Crippen molar-refractivity contribution in [2.45, 2.75) is 26.3 Å². The van der Waals surface area contributed by atoms with Gasteiger partial charge in [-0.2, -0.15) is 0 Å². The molecule has 0 spiro atoms. The minimum Gasteiger partial charge on any atom is -0.382 e. The van der Waals surface area contributed by atoms with Crippen molar-refractivity contribution < 1.29 is 0 Å². The Kier molecular flexibility index (Phi) is 2.64. The number of nitrogens with zero attached hydrogens (tertiary/aromatic N) is 4. The average molecular weight is 221 g/mol. The van der Waals surface area contributed by atoms with Gasteiger partial charge in [-0.1, -0.05) is 13.3 Å². The van der Waals surface area contributed by atoms with Crippen molar-refractivity contribution in [3.63, 3.8) is 0 Å². The lowest BCUT2D eigenvalue weighted by Gasteiger charge is -2.00. The monoisotopic (exact) mass is 221 g/mol. The molecule has 2 aromatic heterocycles. The fraction of sp³-hybridized carbons (Fsp3) is 0.500. The molecule has 0 saturated heterocycles. The number of aryl methyl sites for hydroxylation is 2. The Morgan fingerprint density at radius 2 is 2.19 bits per heavy atom. The Labute approximate surface area is 92.7 Å². The lowest BCUT2D eigenvalue weighted by atomic mass is 10.3. The molecule has 0 bridgehead atoms. The molecule has 2 rings (SSSR count). The Bertz CT molecular complexity index is 568. The largest absolute Gasteiger partial charge is 0.382 e. The standard InChI is InChI=1S/C10H15N5O/c1-3-4-5-15-9-7(14(2)10(15)16)8(11)12-6-13-9/h6H,3-5H2,1-2H3,(H2,11,12,13). The predicted octanol–water partition coefficient (Wildman–Crippen LogP) is 0.512. The van der Waals surface area contributed by atoms with Crippen molar-refractivity contribution >= 4 is 17.0 Å². The molecule has 16 heavy (non-hydrogen) atoms. The van der Waals surface area contributed by atoms with Gasteiger partial charge in [0.1, 0.15) is 11.8 Å². The van der Waals surface area contributed by atoms with Crippen molar-refractivity contribution in [2.75, 3.05) is 5.73 Å². The highest BCUT2D eigenvalue weighted by atomic mass is 16.1. The second-order valence-electron chi connectivity index (χ2n) is 3.78. The summed E-state index contributed by atoms with van der Waals surface area (Å²) in [6.45, 7) is 2.75. The first kappa shape index (κ1) is 10.7. The maximum absolute atomic E-state index is 11.9. The van der Waals surface area contributed by atoms with Crippen LogP contribution in [0.15, 0.2) is 11.1 Å². The van der Waals surface area contributed by atoms with Crippen LogP contribution in [0.3, 0.4) is 0 Å². The number of unbranched alkanes of at least 4 members (excludes halogenated alkanes) is 1. The molecule has 0 atom stereocenters. The number of hydrogen-bond donors (Lipinski definition) is 1. The minimum atomic E-state index is -0.0874. The van der Waals surface area contributed by atoms with Crippen LogP contribution in [-0.4, -0.2) is 19.1 Å². The van der Waals surface area contributed by atoms with Crippen LogP contribution in [0.2, 0.25) is 0 Å². The number of aromatic nitrogens is 4. The zero-order valence-electron chi connectivity index (χ0n) is 9.47. The van der Waals surface area contributed by atoms with E-state index in [-0.39, 0.29) is 5.69 Å². The van der Waals surface area contributed by atoms with E-state index in [1.807, 2.05) is 0 Å². The highest BCUT2D eigenvalue weighted by Gasteiger charge is 2.13. The van der Waals surface area contributed by atoms with Crippen molar-refractivity contribution in [3.05, 3.63) is 16.8 Å². The van der Waals surface area contributed by atoms with Crippen LogP contribution >= 0.6 is 0 Å². The maximum atomic E-state index is 11.9. The summed E-state index contributed by atoms with van der Waals surface area (Å²) in [4.78, 5) is 20.0. The quantitative estimate of drug-likeness (QED) is 0.819. The number of rotatable bonds is 3. The van der Waals surface area contributed by atoms with E-state index in [1.54, 1.807) is 11.6 Å². The average Bonchev–Trinajstić information content (AvgIpc) is 2.51. The summed E-state index contributed by atoms with van der Waals surface area (Å²) in [5.74, 6) is 0.347. The zero-order valence-corrected chi connectivity index (χ0v) is 9.47. The molecule has 0 fully saturated rings. The van der Waals surface area contributed by atoms with Crippen molar-refractivity contribution in [2.24, 2.45) is 7.05 Å². The number of anilines is 1. The van der Waals surface area contributed by atoms with Gasteiger partial charge in [-0.05, 0) is 6.42 Å². The summed E-state index contributed by atoms with van der Waals surface area (Å²) in [6, 6.07) is 0. The summed E-state index contributed by atoms with van der Waals surface area (Å²) in [5, 5.41) is 0. The van der Waals surface area contributed by atoms with Crippen LogP contribution in [0.1, 0.15) is 19.8 Å². The molecular weight excluding hydrogens is 206 g/mol. The van der Waals surface area contributed by atoms with Gasteiger partial charge in [-0.25, -0.2) is 14.8 Å². The number of imidazole rings is 1. The minimum absolute atomic E-state index is 0.0874. The Morgan fingerprint density at radius 3 is 2.88 bits per heavy atom. The highest BCUT2D eigenvalue weighted by molar-refractivity contribution is 5.81. The SMILES string of the molecule is CCCCn1c(=O)n(C)c2c(N)ncnc21. The molecule has 6 nitrogen and oxygen atoms in total. The van der Waals surface area contributed by atoms with Crippen LogP contribution in [-0.2, 0) is 13.6 Å². The first-order chi connectivity index (χ1) is 7.66. The lowest BCUT2D eigenvalue weighted by Crippen LogP contribution is -2.22. The number of nitrogen functional groups attached to an aromatic ring is 1. The lowest BCUT2D eigenvalue weighted by molar-refractivity contribution is 0.611. The van der Waals surface area contributed by atoms with E-state index in [9.17, 15) is 4.79 Å². The van der Waals surface area contributed by atoms with Crippen molar-refractivity contribution in [1.29, 1.82) is 0 Å². The van der Waals surface area contributed by atoms with Gasteiger partial charge >= 0.3 is 5.69 Å². The molecule has 6 heteroatoms. The van der Waals surface area contributed by atoms with Crippen LogP contribution < -0.4 is 11.4 Å². The van der Waals surface area contributed by atoms with Crippen molar-refractivity contribution in [3.8, 4) is 0 Å². The third-order valence-electron chi connectivity index (χ3n) is 2.68. The van der Waals surface area contributed by atoms with Crippen LogP contribution in [0.25, 0.3) is 11.2 Å². The summed E-state index contributed by atoms with van der Waals surface area (Å²) < 4.78 is 3.15. The molecule has 86 valence electrons. The van der Waals surface area contributed by atoms with Crippen LogP contribution in [0.4, 0.5) is 5.82 Å². The smallest absolute Gasteiger partial charge is 0.330 e. The first-order valence-electron chi connectivity index (χ1n) is 5.32. The van der Waals surface area contributed by atoms with E-state index in [0.717, 1.165) is 12.8 Å². The van der Waals surface area contributed by atoms with E-state index in [0.29, 0.717) is 23.5 Å². The molecule has 0 aromatic carbocycles. The van der Waals surface area contributed by atoms with Gasteiger partial charge < -0.3 is 5.73 Å². The molecule has 0 unspecified atom stereocenters. The van der Waals surface area contributed by atoms with E-state index in [4.69, 9.17) is 5.73 Å². The summed E-state index contributed by atoms with van der Waals surface area (Å²) in [6.07, 6.45) is 3.37. The van der Waals surface area contributed by atoms with Gasteiger partial charge in [0.15, 0.2) is 11.5 Å². The molecule has 0 saturated carbocycles. The molecule has 0 amide bonds. The highest BCUT2D eigenvalue weighted by Crippen LogP contribution is 2.14. The molecule has 2 aromatic rings. The summed E-state index contributed by atoms with van der Waals surface area (Å²) in [7, 11) is 1.69. The van der Waals surface area contributed by atoms with Gasteiger partial charge in [-0.3, -0.25) is 9.13 Å². The Morgan fingerprint density at radius 1 is 1.44 bits per heavy atom. The Hall–Kier alpha value is -1.85. The van der Waals surface area contributed by atoms with Gasteiger partial charge in [-0.15, -0.1) is 0 Å². The second kappa shape index (κ2) is 3.96. The molecule has 2 N–H and O–H groups in total. The third kappa shape index (κ3) is 1.46. The number of nitrogens with two attached hydrogens (primary N) is 1. The zero-order chi connectivity index (χ0) is 11.7. The van der Waals surface area contributed by atoms with E-state index < -0.39 is 0 Å². The van der Waals surface area contributed by atoms with E-state index in [2.05, 4.69) is 16.9 Å². The molecule has 0 aliphatic carbocycles. The molecule has 0 aliphatic rings. The third-order valence-corrected chi connectivity index (χ3v) is 2.68. The van der Waals surface area contributed by atoms with E-state index in [1.165, 1.54) is 10.9 Å². The topological polar surface area (TPSA) is 78.7 Å². The Balaban J connectivity index is 2.69. The molecule has 0 radical (unpaired) electrons.